The minimum atomic E-state index is -0.779. The Labute approximate surface area is 223 Å². The summed E-state index contributed by atoms with van der Waals surface area (Å²) in [6.07, 6.45) is 1.86. The molecular weight excluding hydrogens is 572 g/mol. The monoisotopic (exact) mass is 600 g/mol. The summed E-state index contributed by atoms with van der Waals surface area (Å²) in [6, 6.07) is 22.1. The predicted octanol–water partition coefficient (Wildman–Crippen LogP) is 4.94. The van der Waals surface area contributed by atoms with E-state index >= 15 is 0 Å². The molecule has 0 bridgehead atoms. The summed E-state index contributed by atoms with van der Waals surface area (Å²) >= 11 is 6.96. The van der Waals surface area contributed by atoms with Gasteiger partial charge in [0.2, 0.25) is 11.8 Å². The molecule has 8 heteroatoms. The highest BCUT2D eigenvalue weighted by molar-refractivity contribution is 9.11. The second kappa shape index (κ2) is 12.9. The molecule has 0 saturated carbocycles. The molecular formula is C27H30Br2N4O2. The Morgan fingerprint density at radius 3 is 1.83 bits per heavy atom. The van der Waals surface area contributed by atoms with Crippen molar-refractivity contribution >= 4 is 49.4 Å². The molecule has 184 valence electrons. The lowest BCUT2D eigenvalue weighted by Gasteiger charge is -2.33. The number of rotatable bonds is 11. The fraction of sp³-hybridized carbons (Fsp3) is 0.259. The first-order valence-electron chi connectivity index (χ1n) is 11.5. The van der Waals surface area contributed by atoms with Crippen LogP contribution in [0.25, 0.3) is 0 Å². The van der Waals surface area contributed by atoms with Crippen molar-refractivity contribution in [3.05, 3.63) is 98.4 Å². The van der Waals surface area contributed by atoms with Gasteiger partial charge in [-0.1, -0.05) is 60.7 Å². The third-order valence-electron chi connectivity index (χ3n) is 5.92. The normalized spacial score (nSPS) is 11.9. The van der Waals surface area contributed by atoms with E-state index in [2.05, 4.69) is 31.9 Å². The van der Waals surface area contributed by atoms with E-state index in [4.69, 9.17) is 17.2 Å². The molecule has 0 fully saturated rings. The van der Waals surface area contributed by atoms with Crippen LogP contribution in [0.2, 0.25) is 0 Å². The van der Waals surface area contributed by atoms with Gasteiger partial charge in [-0.3, -0.25) is 9.59 Å². The Balaban J connectivity index is 2.09. The van der Waals surface area contributed by atoms with E-state index in [9.17, 15) is 9.59 Å². The van der Waals surface area contributed by atoms with Crippen molar-refractivity contribution < 1.29 is 9.59 Å². The number of carbonyl (C=O) groups excluding carboxylic acids is 2. The molecule has 0 saturated heterocycles. The number of hydrogen-bond donors (Lipinski definition) is 3. The Kier molecular flexibility index (Phi) is 9.89. The van der Waals surface area contributed by atoms with E-state index in [0.29, 0.717) is 34.0 Å². The van der Waals surface area contributed by atoms with Gasteiger partial charge in [-0.15, -0.1) is 0 Å². The first-order chi connectivity index (χ1) is 16.8. The molecule has 3 aromatic carbocycles. The van der Waals surface area contributed by atoms with Gasteiger partial charge in [0, 0.05) is 15.5 Å². The number of unbranched alkanes of at least 4 members (excludes halogenated alkanes) is 1. The second-order valence-electron chi connectivity index (χ2n) is 8.40. The maximum absolute atomic E-state index is 14.3. The fourth-order valence-corrected chi connectivity index (χ4v) is 5.42. The molecule has 0 spiro atoms. The van der Waals surface area contributed by atoms with Crippen LogP contribution in [0.3, 0.4) is 0 Å². The van der Waals surface area contributed by atoms with Gasteiger partial charge in [0.15, 0.2) is 0 Å². The zero-order chi connectivity index (χ0) is 25.4. The lowest BCUT2D eigenvalue weighted by molar-refractivity contribution is -0.141. The number of nitrogens with zero attached hydrogens (tertiary/aromatic N) is 1. The van der Waals surface area contributed by atoms with Gasteiger partial charge in [-0.25, -0.2) is 0 Å². The van der Waals surface area contributed by atoms with E-state index in [-0.39, 0.29) is 12.5 Å². The smallest absolute Gasteiger partial charge is 0.240 e. The fourth-order valence-electron chi connectivity index (χ4n) is 4.13. The number of primary amides is 1. The van der Waals surface area contributed by atoms with Crippen molar-refractivity contribution in [2.75, 3.05) is 12.3 Å². The Morgan fingerprint density at radius 1 is 0.857 bits per heavy atom. The highest BCUT2D eigenvalue weighted by Gasteiger charge is 2.34. The van der Waals surface area contributed by atoms with Gasteiger partial charge < -0.3 is 22.1 Å². The lowest BCUT2D eigenvalue weighted by atomic mass is 9.89. The van der Waals surface area contributed by atoms with Crippen LogP contribution in [-0.2, 0) is 16.1 Å². The minimum Gasteiger partial charge on any atom is -0.397 e. The van der Waals surface area contributed by atoms with Gasteiger partial charge in [0.1, 0.15) is 6.04 Å². The molecule has 3 aromatic rings. The molecule has 0 unspecified atom stereocenters. The molecule has 0 aliphatic heterocycles. The Bertz CT molecular complexity index is 1080. The van der Waals surface area contributed by atoms with Crippen LogP contribution in [0.4, 0.5) is 5.69 Å². The highest BCUT2D eigenvalue weighted by atomic mass is 79.9. The summed E-state index contributed by atoms with van der Waals surface area (Å²) in [5.74, 6) is -1.32. The maximum Gasteiger partial charge on any atom is 0.240 e. The number of amides is 2. The van der Waals surface area contributed by atoms with Crippen molar-refractivity contribution in [2.24, 2.45) is 11.5 Å². The first kappa shape index (κ1) is 26.9. The highest BCUT2D eigenvalue weighted by Crippen LogP contribution is 2.33. The van der Waals surface area contributed by atoms with Crippen molar-refractivity contribution in [2.45, 2.75) is 37.8 Å². The van der Waals surface area contributed by atoms with Gasteiger partial charge in [0.05, 0.1) is 11.6 Å². The van der Waals surface area contributed by atoms with Gasteiger partial charge in [-0.05, 0) is 86.5 Å². The molecule has 6 nitrogen and oxygen atoms in total. The summed E-state index contributed by atoms with van der Waals surface area (Å²) in [4.78, 5) is 28.6. The molecule has 3 rings (SSSR count). The molecule has 2 amide bonds. The van der Waals surface area contributed by atoms with Crippen LogP contribution in [0.1, 0.15) is 41.9 Å². The number of hydrogen-bond acceptors (Lipinski definition) is 4. The maximum atomic E-state index is 14.3. The van der Waals surface area contributed by atoms with Crippen molar-refractivity contribution in [3.63, 3.8) is 0 Å². The van der Waals surface area contributed by atoms with E-state index in [0.717, 1.165) is 23.1 Å². The van der Waals surface area contributed by atoms with Crippen LogP contribution < -0.4 is 17.2 Å². The molecule has 0 radical (unpaired) electrons. The second-order valence-corrected chi connectivity index (χ2v) is 10.1. The molecule has 6 N–H and O–H groups in total. The predicted molar refractivity (Wildman–Crippen MR) is 147 cm³/mol. The van der Waals surface area contributed by atoms with Gasteiger partial charge >= 0.3 is 0 Å². The number of benzene rings is 3. The standard InChI is InChI=1S/C27H30Br2N4O2/c28-21-15-18(16-22(29)25(21)31)17-33(23(26(32)34)13-7-8-14-30)27(35)24(19-9-3-1-4-10-19)20-11-5-2-6-12-20/h1-6,9-12,15-16,23-24H,7-8,13-14,17,30-31H2,(H2,32,34)/t23-/m1/s1. The largest absolute Gasteiger partial charge is 0.397 e. The summed E-state index contributed by atoms with van der Waals surface area (Å²) in [7, 11) is 0. The van der Waals surface area contributed by atoms with Crippen LogP contribution in [0.5, 0.6) is 0 Å². The first-order valence-corrected chi connectivity index (χ1v) is 13.0. The SMILES string of the molecule is NCCCC[C@H](C(N)=O)N(Cc1cc(Br)c(N)c(Br)c1)C(=O)C(c1ccccc1)c1ccccc1. The van der Waals surface area contributed by atoms with Crippen LogP contribution >= 0.6 is 31.9 Å². The van der Waals surface area contributed by atoms with E-state index in [1.807, 2.05) is 72.8 Å². The van der Waals surface area contributed by atoms with Crippen molar-refractivity contribution in [1.82, 2.24) is 4.90 Å². The van der Waals surface area contributed by atoms with Crippen molar-refractivity contribution in [3.8, 4) is 0 Å². The van der Waals surface area contributed by atoms with E-state index in [1.54, 1.807) is 4.90 Å². The lowest BCUT2D eigenvalue weighted by Crippen LogP contribution is -2.49. The third-order valence-corrected chi connectivity index (χ3v) is 7.24. The quantitative estimate of drug-likeness (QED) is 0.213. The average molecular weight is 602 g/mol. The van der Waals surface area contributed by atoms with Crippen LogP contribution in [0, 0.1) is 0 Å². The number of carbonyl (C=O) groups is 2. The summed E-state index contributed by atoms with van der Waals surface area (Å²) in [5, 5.41) is 0. The summed E-state index contributed by atoms with van der Waals surface area (Å²) in [5.41, 5.74) is 20.7. The number of halogens is 2. The zero-order valence-corrected chi connectivity index (χ0v) is 22.5. The Morgan fingerprint density at radius 2 is 1.37 bits per heavy atom. The molecule has 0 heterocycles. The summed E-state index contributed by atoms with van der Waals surface area (Å²) < 4.78 is 1.41. The minimum absolute atomic E-state index is 0.192. The number of nitrogens with two attached hydrogens (primary N) is 3. The summed E-state index contributed by atoms with van der Waals surface area (Å²) in [6.45, 7) is 0.705. The van der Waals surface area contributed by atoms with Gasteiger partial charge in [0.25, 0.3) is 0 Å². The number of nitrogen functional groups attached to an aromatic ring is 1. The third kappa shape index (κ3) is 6.93. The molecule has 0 aliphatic carbocycles. The molecule has 35 heavy (non-hydrogen) atoms. The number of anilines is 1. The van der Waals surface area contributed by atoms with Gasteiger partial charge in [-0.2, -0.15) is 0 Å². The molecule has 1 atom stereocenters. The molecule has 0 aromatic heterocycles. The van der Waals surface area contributed by atoms with E-state index in [1.165, 1.54) is 0 Å². The van der Waals surface area contributed by atoms with E-state index < -0.39 is 17.9 Å². The Hall–Kier alpha value is -2.68. The molecule has 0 aliphatic rings. The van der Waals surface area contributed by atoms with Crippen molar-refractivity contribution in [1.29, 1.82) is 0 Å². The van der Waals surface area contributed by atoms with Crippen LogP contribution in [0.15, 0.2) is 81.7 Å². The van der Waals surface area contributed by atoms with Crippen LogP contribution in [-0.4, -0.2) is 29.3 Å². The zero-order valence-electron chi connectivity index (χ0n) is 19.4. The topological polar surface area (TPSA) is 115 Å². The average Bonchev–Trinajstić information content (AvgIpc) is 2.85.